The van der Waals surface area contributed by atoms with E-state index in [0.29, 0.717) is 16.2 Å². The van der Waals surface area contributed by atoms with E-state index in [4.69, 9.17) is 0 Å². The third kappa shape index (κ3) is 2.46. The molecule has 1 N–H and O–H groups in total. The van der Waals surface area contributed by atoms with Crippen LogP contribution in [0.4, 0.5) is 5.13 Å². The summed E-state index contributed by atoms with van der Waals surface area (Å²) in [5.41, 5.74) is 2.76. The largest absolute Gasteiger partial charge is 0.265 e. The average Bonchev–Trinajstić information content (AvgIpc) is 3.12. The summed E-state index contributed by atoms with van der Waals surface area (Å²) in [4.78, 5) is 4.50. The summed E-state index contributed by atoms with van der Waals surface area (Å²) in [5.74, 6) is 0. The van der Waals surface area contributed by atoms with Gasteiger partial charge in [0.2, 0.25) is 0 Å². The molecule has 0 aliphatic heterocycles. The predicted molar refractivity (Wildman–Crippen MR) is 92.6 cm³/mol. The van der Waals surface area contributed by atoms with Gasteiger partial charge in [-0.15, -0.1) is 0 Å². The number of rotatable bonds is 3. The van der Waals surface area contributed by atoms with Crippen molar-refractivity contribution in [1.29, 1.82) is 0 Å². The van der Waals surface area contributed by atoms with E-state index < -0.39 is 10.0 Å². The van der Waals surface area contributed by atoms with Crippen molar-refractivity contribution in [2.24, 2.45) is 0 Å². The topological polar surface area (TPSA) is 84.8 Å². The van der Waals surface area contributed by atoms with Crippen molar-refractivity contribution in [2.75, 3.05) is 4.72 Å². The highest BCUT2D eigenvalue weighted by molar-refractivity contribution is 7.93. The third-order valence-corrected chi connectivity index (χ3v) is 6.36. The normalized spacial score (nSPS) is 12.0. The van der Waals surface area contributed by atoms with Crippen molar-refractivity contribution >= 4 is 59.5 Å². The predicted octanol–water partition coefficient (Wildman–Crippen LogP) is 3.41. The third-order valence-electron chi connectivity index (χ3n) is 3.38. The highest BCUT2D eigenvalue weighted by Crippen LogP contribution is 2.30. The first-order valence-corrected chi connectivity index (χ1v) is 9.68. The number of aromatic nitrogens is 3. The van der Waals surface area contributed by atoms with Crippen LogP contribution in [-0.2, 0) is 10.0 Å². The van der Waals surface area contributed by atoms with Crippen LogP contribution in [0.1, 0.15) is 5.56 Å². The smallest absolute Gasteiger partial charge is 0.255 e. The molecule has 0 unspecified atom stereocenters. The minimum Gasteiger partial charge on any atom is -0.255 e. The van der Waals surface area contributed by atoms with Gasteiger partial charge >= 0.3 is 0 Å². The molecule has 6 nitrogen and oxygen atoms in total. The summed E-state index contributed by atoms with van der Waals surface area (Å²) in [6.07, 6.45) is 0. The molecule has 0 bridgehead atoms. The van der Waals surface area contributed by atoms with E-state index in [1.807, 2.05) is 25.1 Å². The van der Waals surface area contributed by atoms with E-state index in [1.165, 1.54) is 17.4 Å². The molecule has 0 spiro atoms. The molecule has 2 heterocycles. The lowest BCUT2D eigenvalue weighted by molar-refractivity contribution is 0.602. The number of thiazole rings is 1. The Bertz CT molecular complexity index is 1130. The molecule has 23 heavy (non-hydrogen) atoms. The van der Waals surface area contributed by atoms with Crippen molar-refractivity contribution in [3.05, 3.63) is 42.0 Å². The average molecular weight is 362 g/mol. The van der Waals surface area contributed by atoms with Crippen LogP contribution in [0.5, 0.6) is 0 Å². The quantitative estimate of drug-likeness (QED) is 0.604. The summed E-state index contributed by atoms with van der Waals surface area (Å²) in [6.45, 7) is 1.95. The first-order valence-electron chi connectivity index (χ1n) is 6.65. The molecule has 9 heteroatoms. The number of nitrogens with one attached hydrogen (secondary N) is 1. The molecule has 2 aromatic carbocycles. The van der Waals surface area contributed by atoms with Crippen LogP contribution in [0.25, 0.3) is 21.3 Å². The van der Waals surface area contributed by atoms with Crippen molar-refractivity contribution in [1.82, 2.24) is 13.7 Å². The first kappa shape index (κ1) is 14.5. The maximum absolute atomic E-state index is 12.7. The van der Waals surface area contributed by atoms with Gasteiger partial charge in [0.1, 0.15) is 15.9 Å². The zero-order valence-corrected chi connectivity index (χ0v) is 14.3. The van der Waals surface area contributed by atoms with Crippen molar-refractivity contribution in [2.45, 2.75) is 11.8 Å². The van der Waals surface area contributed by atoms with Crippen LogP contribution < -0.4 is 4.72 Å². The van der Waals surface area contributed by atoms with Gasteiger partial charge < -0.3 is 0 Å². The van der Waals surface area contributed by atoms with Crippen LogP contribution in [0, 0.1) is 6.92 Å². The van der Waals surface area contributed by atoms with Crippen LogP contribution >= 0.6 is 23.1 Å². The monoisotopic (exact) mass is 362 g/mol. The van der Waals surface area contributed by atoms with Crippen molar-refractivity contribution < 1.29 is 8.42 Å². The number of hydrogen-bond acceptors (Lipinski definition) is 7. The van der Waals surface area contributed by atoms with Crippen LogP contribution in [0.15, 0.2) is 41.3 Å². The maximum atomic E-state index is 12.7. The lowest BCUT2D eigenvalue weighted by Gasteiger charge is -2.05. The minimum atomic E-state index is -3.77. The Hall–Kier alpha value is -2.10. The van der Waals surface area contributed by atoms with Gasteiger partial charge in [0.25, 0.3) is 10.0 Å². The molecular weight excluding hydrogens is 352 g/mol. The summed E-state index contributed by atoms with van der Waals surface area (Å²) < 4.78 is 37.0. The second-order valence-corrected chi connectivity index (χ2v) is 8.14. The lowest BCUT2D eigenvalue weighted by Crippen LogP contribution is -2.13. The zero-order valence-electron chi connectivity index (χ0n) is 11.8. The molecule has 0 atom stereocenters. The van der Waals surface area contributed by atoms with Crippen LogP contribution in [0.2, 0.25) is 0 Å². The highest BCUT2D eigenvalue weighted by Gasteiger charge is 2.21. The fourth-order valence-electron chi connectivity index (χ4n) is 2.30. The van der Waals surface area contributed by atoms with Gasteiger partial charge in [-0.25, -0.2) is 13.4 Å². The molecule has 0 amide bonds. The molecule has 0 saturated heterocycles. The number of anilines is 1. The Morgan fingerprint density at radius 1 is 1.04 bits per heavy atom. The Kier molecular flexibility index (Phi) is 3.29. The molecule has 0 aliphatic carbocycles. The maximum Gasteiger partial charge on any atom is 0.265 e. The zero-order chi connectivity index (χ0) is 16.0. The first-order chi connectivity index (χ1) is 11.0. The highest BCUT2D eigenvalue weighted by atomic mass is 32.2. The Labute approximate surface area is 140 Å². The SMILES string of the molecule is Cc1cccc2sc(NS(=O)(=O)c3cccc4nsnc34)nc12. The van der Waals surface area contributed by atoms with E-state index in [0.717, 1.165) is 27.5 Å². The van der Waals surface area contributed by atoms with Gasteiger partial charge in [-0.3, -0.25) is 4.72 Å². The Balaban J connectivity index is 1.79. The summed E-state index contributed by atoms with van der Waals surface area (Å²) in [5, 5.41) is 0.342. The molecule has 0 fully saturated rings. The molecular formula is C14H10N4O2S3. The molecule has 4 aromatic rings. The lowest BCUT2D eigenvalue weighted by atomic mass is 10.2. The van der Waals surface area contributed by atoms with Gasteiger partial charge in [-0.05, 0) is 30.7 Å². The fourth-order valence-corrected chi connectivity index (χ4v) is 5.24. The van der Waals surface area contributed by atoms with Gasteiger partial charge in [0.05, 0.1) is 21.9 Å². The van der Waals surface area contributed by atoms with E-state index in [1.54, 1.807) is 12.1 Å². The Morgan fingerprint density at radius 3 is 2.70 bits per heavy atom. The summed E-state index contributed by atoms with van der Waals surface area (Å²) in [6, 6.07) is 10.7. The van der Waals surface area contributed by atoms with Crippen LogP contribution in [-0.4, -0.2) is 22.1 Å². The van der Waals surface area contributed by atoms with E-state index in [2.05, 4.69) is 18.5 Å². The second kappa shape index (κ2) is 5.22. The number of para-hydroxylation sites is 1. The number of aryl methyl sites for hydroxylation is 1. The molecule has 116 valence electrons. The van der Waals surface area contributed by atoms with E-state index in [9.17, 15) is 8.42 Å². The number of nitrogens with zero attached hydrogens (tertiary/aromatic N) is 3. The number of benzene rings is 2. The summed E-state index contributed by atoms with van der Waals surface area (Å²) in [7, 11) is -3.77. The van der Waals surface area contributed by atoms with Crippen molar-refractivity contribution in [3.63, 3.8) is 0 Å². The summed E-state index contributed by atoms with van der Waals surface area (Å²) >= 11 is 2.30. The molecule has 4 rings (SSSR count). The van der Waals surface area contributed by atoms with Gasteiger partial charge in [0, 0.05) is 0 Å². The molecule has 2 aromatic heterocycles. The Morgan fingerprint density at radius 2 is 1.87 bits per heavy atom. The standard InChI is InChI=1S/C14H10N4O2S3/c1-8-4-2-6-10-12(8)15-14(21-10)18-23(19,20)11-7-3-5-9-13(11)17-22-16-9/h2-7H,1H3,(H,15,18). The fraction of sp³-hybridized carbons (Fsp3) is 0.0714. The van der Waals surface area contributed by atoms with Gasteiger partial charge in [0.15, 0.2) is 5.13 Å². The van der Waals surface area contributed by atoms with Crippen LogP contribution in [0.3, 0.4) is 0 Å². The van der Waals surface area contributed by atoms with Gasteiger partial charge in [-0.1, -0.05) is 29.5 Å². The number of sulfonamides is 1. The molecule has 0 radical (unpaired) electrons. The van der Waals surface area contributed by atoms with Gasteiger partial charge in [-0.2, -0.15) is 8.75 Å². The van der Waals surface area contributed by atoms with E-state index >= 15 is 0 Å². The molecule has 0 aliphatic rings. The minimum absolute atomic E-state index is 0.111. The molecule has 0 saturated carbocycles. The van der Waals surface area contributed by atoms with Crippen molar-refractivity contribution in [3.8, 4) is 0 Å². The number of fused-ring (bicyclic) bond motifs is 2. The van der Waals surface area contributed by atoms with E-state index in [-0.39, 0.29) is 4.90 Å². The second-order valence-electron chi connectivity index (χ2n) is 4.93. The number of hydrogen-bond donors (Lipinski definition) is 1.